The van der Waals surface area contributed by atoms with Crippen LogP contribution in [0, 0.1) is 18.3 Å². The average Bonchev–Trinajstić information content (AvgIpc) is 3.43. The molecule has 5 nitrogen and oxygen atoms in total. The summed E-state index contributed by atoms with van der Waals surface area (Å²) in [5.74, 6) is 0.251. The highest BCUT2D eigenvalue weighted by atomic mass is 35.5. The molecule has 0 N–H and O–H groups in total. The second-order valence-corrected chi connectivity index (χ2v) is 9.88. The third kappa shape index (κ3) is 5.31. The molecular weight excluding hydrogens is 474 g/mol. The molecule has 3 aromatic rings. The monoisotopic (exact) mass is 493 g/mol. The van der Waals surface area contributed by atoms with Gasteiger partial charge < -0.3 is 4.74 Å². The average molecular weight is 494 g/mol. The second kappa shape index (κ2) is 10.3. The number of aliphatic imine (C=N–C) groups is 1. The molecule has 1 aliphatic heterocycles. The molecule has 1 amide bonds. The molecule has 0 spiro atoms. The van der Waals surface area contributed by atoms with Crippen LogP contribution in [0.4, 0.5) is 5.69 Å². The lowest BCUT2D eigenvalue weighted by atomic mass is 10.1. The van der Waals surface area contributed by atoms with Gasteiger partial charge in [-0.25, -0.2) is 4.99 Å². The van der Waals surface area contributed by atoms with E-state index in [-0.39, 0.29) is 5.91 Å². The molecule has 1 unspecified atom stereocenters. The van der Waals surface area contributed by atoms with Gasteiger partial charge >= 0.3 is 0 Å². The number of nitriles is 1. The maximum atomic E-state index is 13.4. The standard InChI is InChI=1S/C25H20ClN3O2S2/c1-16-5-7-17(8-6-16)12-20(15-27)33-25-28-22(14-19-4-3-11-32-19)24(30)29(25)18-9-10-23(31-2)21(26)13-18/h3-11,13-14,20H,12H2,1-2H3/b22-14+. The fraction of sp³-hybridized carbons (Fsp3) is 0.160. The summed E-state index contributed by atoms with van der Waals surface area (Å²) in [7, 11) is 1.54. The SMILES string of the molecule is COc1ccc(N2C(=O)/C(=C\c3cccs3)N=C2SC(C#N)Cc2ccc(C)cc2)cc1Cl. The number of amidine groups is 1. The molecule has 0 saturated carbocycles. The summed E-state index contributed by atoms with van der Waals surface area (Å²) in [5, 5.41) is 12.2. The van der Waals surface area contributed by atoms with Gasteiger partial charge in [0.05, 0.1) is 23.9 Å². The van der Waals surface area contributed by atoms with Gasteiger partial charge in [-0.3, -0.25) is 9.69 Å². The molecule has 0 bridgehead atoms. The molecule has 1 aromatic heterocycles. The van der Waals surface area contributed by atoms with Crippen LogP contribution in [0.5, 0.6) is 5.75 Å². The first-order valence-corrected chi connectivity index (χ1v) is 12.3. The molecule has 4 rings (SSSR count). The van der Waals surface area contributed by atoms with Gasteiger partial charge in [0, 0.05) is 4.88 Å². The zero-order chi connectivity index (χ0) is 23.4. The Bertz CT molecular complexity index is 1260. The lowest BCUT2D eigenvalue weighted by Crippen LogP contribution is -2.31. The van der Waals surface area contributed by atoms with Crippen molar-refractivity contribution in [3.05, 3.63) is 86.7 Å². The van der Waals surface area contributed by atoms with Crippen molar-refractivity contribution in [2.45, 2.75) is 18.6 Å². The Morgan fingerprint density at radius 2 is 2.06 bits per heavy atom. The van der Waals surface area contributed by atoms with Crippen molar-refractivity contribution in [3.63, 3.8) is 0 Å². The van der Waals surface area contributed by atoms with Crippen LogP contribution < -0.4 is 9.64 Å². The maximum absolute atomic E-state index is 13.4. The molecule has 0 radical (unpaired) electrons. The van der Waals surface area contributed by atoms with Gasteiger partial charge in [-0.05, 0) is 54.6 Å². The molecule has 2 heterocycles. The molecule has 33 heavy (non-hydrogen) atoms. The van der Waals surface area contributed by atoms with Crippen LogP contribution in [0.15, 0.2) is 70.7 Å². The van der Waals surface area contributed by atoms with Crippen LogP contribution in [0.1, 0.15) is 16.0 Å². The lowest BCUT2D eigenvalue weighted by molar-refractivity contribution is -0.113. The number of hydrogen-bond acceptors (Lipinski definition) is 6. The number of thiophene rings is 1. The van der Waals surface area contributed by atoms with E-state index in [1.165, 1.54) is 35.1 Å². The minimum absolute atomic E-state index is 0.265. The van der Waals surface area contributed by atoms with E-state index in [1.54, 1.807) is 24.3 Å². The first-order chi connectivity index (χ1) is 16.0. The zero-order valence-electron chi connectivity index (χ0n) is 18.0. The number of ether oxygens (including phenoxy) is 1. The van der Waals surface area contributed by atoms with Crippen molar-refractivity contribution in [2.24, 2.45) is 4.99 Å². The summed E-state index contributed by atoms with van der Waals surface area (Å²) in [4.78, 5) is 20.4. The van der Waals surface area contributed by atoms with Gasteiger partial charge in [0.15, 0.2) is 5.17 Å². The predicted octanol–water partition coefficient (Wildman–Crippen LogP) is 6.33. The number of amides is 1. The Kier molecular flexibility index (Phi) is 7.19. The topological polar surface area (TPSA) is 65.7 Å². The van der Waals surface area contributed by atoms with Crippen molar-refractivity contribution in [2.75, 3.05) is 12.0 Å². The molecule has 8 heteroatoms. The lowest BCUT2D eigenvalue weighted by Gasteiger charge is -2.20. The summed E-state index contributed by atoms with van der Waals surface area (Å²) >= 11 is 9.13. The highest BCUT2D eigenvalue weighted by molar-refractivity contribution is 8.15. The van der Waals surface area contributed by atoms with Crippen LogP contribution in [0.3, 0.4) is 0 Å². The van der Waals surface area contributed by atoms with Crippen LogP contribution >= 0.6 is 34.7 Å². The van der Waals surface area contributed by atoms with Gasteiger partial charge in [-0.15, -0.1) is 11.3 Å². The molecule has 1 aliphatic rings. The normalized spacial score (nSPS) is 15.5. The number of hydrogen-bond donors (Lipinski definition) is 0. The first-order valence-electron chi connectivity index (χ1n) is 10.1. The largest absolute Gasteiger partial charge is 0.495 e. The summed E-state index contributed by atoms with van der Waals surface area (Å²) < 4.78 is 5.24. The van der Waals surface area contributed by atoms with E-state index in [1.807, 2.05) is 48.7 Å². The van der Waals surface area contributed by atoms with Crippen LogP contribution in [-0.2, 0) is 11.2 Å². The number of rotatable bonds is 6. The number of methoxy groups -OCH3 is 1. The van der Waals surface area contributed by atoms with E-state index in [0.717, 1.165) is 16.0 Å². The quantitative estimate of drug-likeness (QED) is 0.376. The number of benzene rings is 2. The number of thioether (sulfide) groups is 1. The number of anilines is 1. The molecule has 0 saturated heterocycles. The highest BCUT2D eigenvalue weighted by Gasteiger charge is 2.34. The van der Waals surface area contributed by atoms with Crippen LogP contribution in [0.2, 0.25) is 5.02 Å². The minimum atomic E-state index is -0.420. The van der Waals surface area contributed by atoms with E-state index in [2.05, 4.69) is 11.1 Å². The van der Waals surface area contributed by atoms with E-state index in [4.69, 9.17) is 16.3 Å². The summed E-state index contributed by atoms with van der Waals surface area (Å²) in [5.41, 5.74) is 3.10. The fourth-order valence-electron chi connectivity index (χ4n) is 3.28. The molecule has 0 aliphatic carbocycles. The van der Waals surface area contributed by atoms with E-state index < -0.39 is 5.25 Å². The molecular formula is C25H20ClN3O2S2. The molecule has 1 atom stereocenters. The Morgan fingerprint density at radius 3 is 2.70 bits per heavy atom. The molecule has 166 valence electrons. The molecule has 0 fully saturated rings. The third-order valence-corrected chi connectivity index (χ3v) is 7.13. The van der Waals surface area contributed by atoms with Crippen LogP contribution in [0.25, 0.3) is 6.08 Å². The van der Waals surface area contributed by atoms with Gasteiger partial charge in [-0.2, -0.15) is 5.26 Å². The fourth-order valence-corrected chi connectivity index (χ4v) is 5.22. The Hall–Kier alpha value is -3.05. The number of carbonyl (C=O) groups is 1. The van der Waals surface area contributed by atoms with Gasteiger partial charge in [-0.1, -0.05) is 59.3 Å². The first kappa shape index (κ1) is 23.1. The number of nitrogens with zero attached hydrogens (tertiary/aromatic N) is 3. The van der Waals surface area contributed by atoms with Crippen LogP contribution in [-0.4, -0.2) is 23.4 Å². The summed E-state index contributed by atoms with van der Waals surface area (Å²) in [6.45, 7) is 2.03. The second-order valence-electron chi connectivity index (χ2n) is 7.32. The summed E-state index contributed by atoms with van der Waals surface area (Å²) in [6, 6.07) is 19.4. The number of carbonyl (C=O) groups excluding carboxylic acids is 1. The predicted molar refractivity (Wildman–Crippen MR) is 137 cm³/mol. The zero-order valence-corrected chi connectivity index (χ0v) is 20.4. The Morgan fingerprint density at radius 1 is 1.27 bits per heavy atom. The van der Waals surface area contributed by atoms with Gasteiger partial charge in [0.25, 0.3) is 5.91 Å². The van der Waals surface area contributed by atoms with Crippen molar-refractivity contribution in [1.29, 1.82) is 5.26 Å². The van der Waals surface area contributed by atoms with Crippen molar-refractivity contribution >= 4 is 57.5 Å². The van der Waals surface area contributed by atoms with Crippen molar-refractivity contribution in [3.8, 4) is 11.8 Å². The van der Waals surface area contributed by atoms with Crippen molar-refractivity contribution < 1.29 is 9.53 Å². The summed E-state index contributed by atoms with van der Waals surface area (Å²) in [6.07, 6.45) is 2.30. The smallest absolute Gasteiger partial charge is 0.283 e. The highest BCUT2D eigenvalue weighted by Crippen LogP contribution is 2.36. The van der Waals surface area contributed by atoms with E-state index in [0.29, 0.717) is 33.7 Å². The number of aryl methyl sites for hydroxylation is 1. The Labute approximate surface area is 206 Å². The van der Waals surface area contributed by atoms with E-state index >= 15 is 0 Å². The van der Waals surface area contributed by atoms with Gasteiger partial charge in [0.2, 0.25) is 0 Å². The van der Waals surface area contributed by atoms with Gasteiger partial charge in [0.1, 0.15) is 16.7 Å². The molecule has 2 aromatic carbocycles. The Balaban J connectivity index is 1.67. The van der Waals surface area contributed by atoms with E-state index in [9.17, 15) is 10.1 Å². The van der Waals surface area contributed by atoms with Crippen molar-refractivity contribution in [1.82, 2.24) is 0 Å². The maximum Gasteiger partial charge on any atom is 0.283 e. The minimum Gasteiger partial charge on any atom is -0.495 e. The number of halogens is 1. The third-order valence-electron chi connectivity index (χ3n) is 4.98.